The van der Waals surface area contributed by atoms with Gasteiger partial charge in [-0.2, -0.15) is 17.4 Å². The molecule has 0 spiro atoms. The fourth-order valence-corrected chi connectivity index (χ4v) is 3.71. The summed E-state index contributed by atoms with van der Waals surface area (Å²) in [6.45, 7) is 4.36. The van der Waals surface area contributed by atoms with Gasteiger partial charge in [-0.3, -0.25) is 0 Å². The summed E-state index contributed by atoms with van der Waals surface area (Å²) in [6.07, 6.45) is 5.10. The maximum atomic E-state index is 12.0. The van der Waals surface area contributed by atoms with Gasteiger partial charge in [0, 0.05) is 25.2 Å². The SMILES string of the molecule is CCCNC1CCCN(S(=O)(=O)NC2CC2)C1. The highest BCUT2D eigenvalue weighted by Crippen LogP contribution is 2.22. The van der Waals surface area contributed by atoms with Crippen molar-refractivity contribution in [2.45, 2.75) is 51.1 Å². The highest BCUT2D eigenvalue weighted by molar-refractivity contribution is 7.87. The van der Waals surface area contributed by atoms with Gasteiger partial charge in [0.1, 0.15) is 0 Å². The maximum absolute atomic E-state index is 12.0. The minimum atomic E-state index is -3.23. The smallest absolute Gasteiger partial charge is 0.279 e. The number of hydrogen-bond donors (Lipinski definition) is 2. The van der Waals surface area contributed by atoms with E-state index in [4.69, 9.17) is 0 Å². The van der Waals surface area contributed by atoms with Crippen LogP contribution in [-0.4, -0.2) is 44.4 Å². The normalized spacial score (nSPS) is 27.2. The standard InChI is InChI=1S/C11H23N3O2S/c1-2-7-12-11-4-3-8-14(9-11)17(15,16)13-10-5-6-10/h10-13H,2-9H2,1H3. The van der Waals surface area contributed by atoms with Crippen LogP contribution in [0.25, 0.3) is 0 Å². The van der Waals surface area contributed by atoms with Crippen molar-refractivity contribution in [3.63, 3.8) is 0 Å². The summed E-state index contributed by atoms with van der Waals surface area (Å²) in [5.74, 6) is 0. The van der Waals surface area contributed by atoms with E-state index >= 15 is 0 Å². The van der Waals surface area contributed by atoms with E-state index < -0.39 is 10.2 Å². The topological polar surface area (TPSA) is 61.4 Å². The lowest BCUT2D eigenvalue weighted by atomic mass is 10.1. The van der Waals surface area contributed by atoms with Crippen LogP contribution in [-0.2, 0) is 10.2 Å². The fourth-order valence-electron chi connectivity index (χ4n) is 2.16. The molecule has 2 aliphatic rings. The zero-order valence-corrected chi connectivity index (χ0v) is 11.3. The molecule has 17 heavy (non-hydrogen) atoms. The molecule has 0 amide bonds. The van der Waals surface area contributed by atoms with E-state index in [1.165, 1.54) is 0 Å². The van der Waals surface area contributed by atoms with Crippen LogP contribution in [0.1, 0.15) is 39.0 Å². The van der Waals surface area contributed by atoms with E-state index in [0.29, 0.717) is 19.1 Å². The summed E-state index contributed by atoms with van der Waals surface area (Å²) in [7, 11) is -3.23. The highest BCUT2D eigenvalue weighted by Gasteiger charge is 2.33. The molecule has 1 saturated carbocycles. The van der Waals surface area contributed by atoms with Crippen LogP contribution in [0.3, 0.4) is 0 Å². The van der Waals surface area contributed by atoms with Gasteiger partial charge in [-0.05, 0) is 38.6 Å². The van der Waals surface area contributed by atoms with Crippen molar-refractivity contribution in [2.24, 2.45) is 0 Å². The molecule has 1 saturated heterocycles. The number of piperidine rings is 1. The van der Waals surface area contributed by atoms with Crippen LogP contribution >= 0.6 is 0 Å². The van der Waals surface area contributed by atoms with E-state index in [2.05, 4.69) is 17.0 Å². The molecule has 0 aromatic rings. The fraction of sp³-hybridized carbons (Fsp3) is 1.00. The predicted molar refractivity (Wildman–Crippen MR) is 68.0 cm³/mol. The first kappa shape index (κ1) is 13.3. The third-order valence-electron chi connectivity index (χ3n) is 3.30. The van der Waals surface area contributed by atoms with E-state index in [0.717, 1.165) is 38.6 Å². The Kier molecular flexibility index (Phi) is 4.41. The molecule has 100 valence electrons. The molecule has 0 radical (unpaired) electrons. The van der Waals surface area contributed by atoms with Gasteiger partial charge in [0.05, 0.1) is 0 Å². The van der Waals surface area contributed by atoms with Crippen LogP contribution in [0.15, 0.2) is 0 Å². The van der Waals surface area contributed by atoms with Gasteiger partial charge in [0.2, 0.25) is 0 Å². The van der Waals surface area contributed by atoms with Crippen molar-refractivity contribution >= 4 is 10.2 Å². The van der Waals surface area contributed by atoms with Gasteiger partial charge in [-0.25, -0.2) is 0 Å². The Balaban J connectivity index is 1.86. The monoisotopic (exact) mass is 261 g/mol. The van der Waals surface area contributed by atoms with Gasteiger partial charge >= 0.3 is 0 Å². The van der Waals surface area contributed by atoms with Gasteiger partial charge in [-0.15, -0.1) is 0 Å². The summed E-state index contributed by atoms with van der Waals surface area (Å²) in [4.78, 5) is 0. The zero-order valence-electron chi connectivity index (χ0n) is 10.5. The molecule has 5 nitrogen and oxygen atoms in total. The molecule has 1 unspecified atom stereocenters. The first-order valence-corrected chi connectivity index (χ1v) is 8.06. The molecule has 2 N–H and O–H groups in total. The van der Waals surface area contributed by atoms with Crippen molar-refractivity contribution < 1.29 is 8.42 Å². The van der Waals surface area contributed by atoms with Crippen LogP contribution in [0.5, 0.6) is 0 Å². The van der Waals surface area contributed by atoms with Gasteiger partial charge < -0.3 is 5.32 Å². The van der Waals surface area contributed by atoms with Crippen LogP contribution in [0, 0.1) is 0 Å². The lowest BCUT2D eigenvalue weighted by Gasteiger charge is -2.32. The Labute approximate surface area is 104 Å². The Bertz CT molecular complexity index is 341. The molecule has 1 heterocycles. The maximum Gasteiger partial charge on any atom is 0.279 e. The van der Waals surface area contributed by atoms with Crippen LogP contribution < -0.4 is 10.0 Å². The van der Waals surface area contributed by atoms with Crippen LogP contribution in [0.4, 0.5) is 0 Å². The summed E-state index contributed by atoms with van der Waals surface area (Å²) < 4.78 is 28.4. The highest BCUT2D eigenvalue weighted by atomic mass is 32.2. The number of nitrogens with zero attached hydrogens (tertiary/aromatic N) is 1. The minimum absolute atomic E-state index is 0.198. The Morgan fingerprint density at radius 3 is 2.65 bits per heavy atom. The van der Waals surface area contributed by atoms with E-state index in [-0.39, 0.29) is 6.04 Å². The first-order valence-electron chi connectivity index (χ1n) is 6.62. The van der Waals surface area contributed by atoms with Crippen molar-refractivity contribution in [3.8, 4) is 0 Å². The third kappa shape index (κ3) is 3.91. The molecule has 2 fully saturated rings. The average molecular weight is 261 g/mol. The molecule has 1 aliphatic carbocycles. The molecule has 1 atom stereocenters. The third-order valence-corrected chi connectivity index (χ3v) is 4.94. The van der Waals surface area contributed by atoms with Crippen molar-refractivity contribution in [2.75, 3.05) is 19.6 Å². The Morgan fingerprint density at radius 2 is 2.00 bits per heavy atom. The second-order valence-electron chi connectivity index (χ2n) is 5.05. The van der Waals surface area contributed by atoms with Gasteiger partial charge in [-0.1, -0.05) is 6.92 Å². The molecular formula is C11H23N3O2S. The lowest BCUT2D eigenvalue weighted by Crippen LogP contribution is -2.51. The summed E-state index contributed by atoms with van der Waals surface area (Å²) in [5, 5.41) is 3.41. The Morgan fingerprint density at radius 1 is 1.24 bits per heavy atom. The van der Waals surface area contributed by atoms with Crippen molar-refractivity contribution in [1.82, 2.24) is 14.3 Å². The second kappa shape index (κ2) is 5.65. The first-order chi connectivity index (χ1) is 8.12. The quantitative estimate of drug-likeness (QED) is 0.729. The summed E-state index contributed by atoms with van der Waals surface area (Å²) >= 11 is 0. The average Bonchev–Trinajstić information content (AvgIpc) is 3.10. The summed E-state index contributed by atoms with van der Waals surface area (Å²) in [5.41, 5.74) is 0. The minimum Gasteiger partial charge on any atom is -0.313 e. The van der Waals surface area contributed by atoms with E-state index in [9.17, 15) is 8.42 Å². The van der Waals surface area contributed by atoms with Crippen molar-refractivity contribution in [3.05, 3.63) is 0 Å². The molecule has 0 aromatic heterocycles. The zero-order chi connectivity index (χ0) is 12.3. The largest absolute Gasteiger partial charge is 0.313 e. The van der Waals surface area contributed by atoms with Gasteiger partial charge in [0.25, 0.3) is 10.2 Å². The molecule has 2 rings (SSSR count). The molecule has 0 aromatic carbocycles. The second-order valence-corrected chi connectivity index (χ2v) is 6.75. The molecule has 1 aliphatic heterocycles. The van der Waals surface area contributed by atoms with E-state index in [1.54, 1.807) is 4.31 Å². The number of rotatable bonds is 6. The summed E-state index contributed by atoms with van der Waals surface area (Å²) in [6, 6.07) is 0.517. The van der Waals surface area contributed by atoms with E-state index in [1.807, 2.05) is 0 Å². The predicted octanol–water partition coefficient (Wildman–Crippen LogP) is 0.447. The molecule has 6 heteroatoms. The lowest BCUT2D eigenvalue weighted by molar-refractivity contribution is 0.281. The van der Waals surface area contributed by atoms with Crippen LogP contribution in [0.2, 0.25) is 0 Å². The van der Waals surface area contributed by atoms with Gasteiger partial charge in [0.15, 0.2) is 0 Å². The number of nitrogens with one attached hydrogen (secondary N) is 2. The molecular weight excluding hydrogens is 238 g/mol. The molecule has 0 bridgehead atoms. The van der Waals surface area contributed by atoms with Crippen molar-refractivity contribution in [1.29, 1.82) is 0 Å². The number of hydrogen-bond acceptors (Lipinski definition) is 3. The Hall–Kier alpha value is -0.170.